The second-order valence-electron chi connectivity index (χ2n) is 3.96. The summed E-state index contributed by atoms with van der Waals surface area (Å²) in [6.07, 6.45) is 1.95. The number of nitrogens with zero attached hydrogens (tertiary/aromatic N) is 2. The lowest BCUT2D eigenvalue weighted by molar-refractivity contribution is 1.01. The van der Waals surface area contributed by atoms with E-state index in [0.29, 0.717) is 0 Å². The summed E-state index contributed by atoms with van der Waals surface area (Å²) in [5.74, 6) is 0. The van der Waals surface area contributed by atoms with Gasteiger partial charge >= 0.3 is 0 Å². The van der Waals surface area contributed by atoms with E-state index in [0.717, 1.165) is 13.1 Å². The molecule has 1 heterocycles. The maximum Gasteiger partial charge on any atom is 0.0895 e. The van der Waals surface area contributed by atoms with Crippen molar-refractivity contribution in [3.8, 4) is 0 Å². The fourth-order valence-electron chi connectivity index (χ4n) is 2.17. The van der Waals surface area contributed by atoms with Crippen molar-refractivity contribution in [1.29, 1.82) is 0 Å². The first kappa shape index (κ1) is 12.2. The third-order valence-electron chi connectivity index (χ3n) is 2.61. The Hall–Kier alpha value is -0.830. The highest BCUT2D eigenvalue weighted by Gasteiger charge is 2.13. The number of rotatable bonds is 1. The Bertz CT molecular complexity index is 362. The highest BCUT2D eigenvalue weighted by Crippen LogP contribution is 2.26. The van der Waals surface area contributed by atoms with Gasteiger partial charge in [0.2, 0.25) is 0 Å². The van der Waals surface area contributed by atoms with Gasteiger partial charge in [-0.05, 0) is 31.9 Å². The van der Waals surface area contributed by atoms with Crippen LogP contribution in [-0.2, 0) is 0 Å². The zero-order valence-electron chi connectivity index (χ0n) is 9.45. The molecule has 0 bridgehead atoms. The van der Waals surface area contributed by atoms with E-state index in [9.17, 15) is 0 Å². The molecule has 0 unspecified atom stereocenters. The van der Waals surface area contributed by atoms with Crippen molar-refractivity contribution in [2.24, 2.45) is 4.99 Å². The van der Waals surface area contributed by atoms with Gasteiger partial charge in [0.05, 0.1) is 12.9 Å². The molecular weight excluding hydrogens is 252 g/mol. The molecule has 1 aromatic rings. The Labute approximate surface area is 102 Å². The van der Waals surface area contributed by atoms with Gasteiger partial charge in [-0.3, -0.25) is 4.99 Å². The molecule has 0 aromatic heterocycles. The fourth-order valence-corrected chi connectivity index (χ4v) is 2.17. The first-order valence-corrected chi connectivity index (χ1v) is 5.03. The lowest BCUT2D eigenvalue weighted by Gasteiger charge is -2.20. The van der Waals surface area contributed by atoms with Crippen LogP contribution in [-0.4, -0.2) is 19.4 Å². The maximum absolute atomic E-state index is 4.25. The van der Waals surface area contributed by atoms with Gasteiger partial charge in [0.1, 0.15) is 0 Å². The first-order valence-electron chi connectivity index (χ1n) is 5.03. The van der Waals surface area contributed by atoms with Crippen molar-refractivity contribution in [3.05, 3.63) is 28.8 Å². The number of hydrogen-bond donors (Lipinski definition) is 0. The van der Waals surface area contributed by atoms with Gasteiger partial charge in [0.25, 0.3) is 0 Å². The van der Waals surface area contributed by atoms with E-state index in [1.165, 1.54) is 22.4 Å². The standard InChI is InChI=1S/C12H16N2.BrH/c1-9-6-10(2)12(11(3)7-9)14-5-4-13-8-14;/h6-8H,4-5H2,1-3H3;1H. The molecule has 0 atom stereocenters. The Morgan fingerprint density at radius 2 is 1.73 bits per heavy atom. The van der Waals surface area contributed by atoms with Gasteiger partial charge < -0.3 is 4.90 Å². The molecule has 0 aliphatic carbocycles. The van der Waals surface area contributed by atoms with E-state index in [2.05, 4.69) is 42.8 Å². The first-order chi connectivity index (χ1) is 6.68. The maximum atomic E-state index is 4.25. The molecule has 0 spiro atoms. The van der Waals surface area contributed by atoms with Crippen LogP contribution in [0, 0.1) is 20.8 Å². The second-order valence-corrected chi connectivity index (χ2v) is 3.96. The molecule has 0 N–H and O–H groups in total. The molecular formula is C12H17BrN2. The minimum absolute atomic E-state index is 0. The normalized spacial score (nSPS) is 14.2. The Kier molecular flexibility index (Phi) is 3.91. The Morgan fingerprint density at radius 3 is 2.20 bits per heavy atom. The van der Waals surface area contributed by atoms with Gasteiger partial charge in [-0.1, -0.05) is 17.7 Å². The SMILES string of the molecule is Br.Cc1cc(C)c(N2C=NCC2)c(C)c1. The highest BCUT2D eigenvalue weighted by atomic mass is 79.9. The summed E-state index contributed by atoms with van der Waals surface area (Å²) < 4.78 is 0. The lowest BCUT2D eigenvalue weighted by atomic mass is 10.0. The summed E-state index contributed by atoms with van der Waals surface area (Å²) in [7, 11) is 0. The molecule has 1 aromatic carbocycles. The van der Waals surface area contributed by atoms with E-state index >= 15 is 0 Å². The van der Waals surface area contributed by atoms with Crippen LogP contribution < -0.4 is 4.90 Å². The molecule has 0 saturated heterocycles. The Morgan fingerprint density at radius 1 is 1.13 bits per heavy atom. The van der Waals surface area contributed by atoms with Crippen LogP contribution >= 0.6 is 17.0 Å². The molecule has 3 heteroatoms. The van der Waals surface area contributed by atoms with E-state index in [4.69, 9.17) is 0 Å². The lowest BCUT2D eigenvalue weighted by Crippen LogP contribution is -2.20. The summed E-state index contributed by atoms with van der Waals surface area (Å²) in [4.78, 5) is 6.49. The molecule has 1 aliphatic rings. The van der Waals surface area contributed by atoms with Crippen molar-refractivity contribution >= 4 is 29.0 Å². The average Bonchev–Trinajstić information content (AvgIpc) is 2.54. The molecule has 0 amide bonds. The van der Waals surface area contributed by atoms with Gasteiger partial charge in [0.15, 0.2) is 0 Å². The number of halogens is 1. The molecule has 1 aliphatic heterocycles. The summed E-state index contributed by atoms with van der Waals surface area (Å²) >= 11 is 0. The molecule has 0 saturated carbocycles. The molecule has 2 rings (SSSR count). The van der Waals surface area contributed by atoms with E-state index in [1.54, 1.807) is 0 Å². The van der Waals surface area contributed by atoms with Crippen LogP contribution in [0.5, 0.6) is 0 Å². The van der Waals surface area contributed by atoms with Crippen molar-refractivity contribution < 1.29 is 0 Å². The summed E-state index contributed by atoms with van der Waals surface area (Å²) in [6.45, 7) is 8.42. The Balaban J connectivity index is 0.00000112. The van der Waals surface area contributed by atoms with Gasteiger partial charge in [-0.15, -0.1) is 17.0 Å². The van der Waals surface area contributed by atoms with Gasteiger partial charge in [0, 0.05) is 12.2 Å². The number of anilines is 1. The van der Waals surface area contributed by atoms with Crippen LogP contribution in [0.2, 0.25) is 0 Å². The van der Waals surface area contributed by atoms with Gasteiger partial charge in [-0.2, -0.15) is 0 Å². The topological polar surface area (TPSA) is 15.6 Å². The minimum Gasteiger partial charge on any atom is -0.330 e. The highest BCUT2D eigenvalue weighted by molar-refractivity contribution is 8.93. The quantitative estimate of drug-likeness (QED) is 0.765. The van der Waals surface area contributed by atoms with Crippen molar-refractivity contribution in [3.63, 3.8) is 0 Å². The summed E-state index contributed by atoms with van der Waals surface area (Å²) in [6, 6.07) is 4.46. The monoisotopic (exact) mass is 268 g/mol. The van der Waals surface area contributed by atoms with E-state index < -0.39 is 0 Å². The number of hydrogen-bond acceptors (Lipinski definition) is 2. The van der Waals surface area contributed by atoms with E-state index in [1.807, 2.05) is 6.34 Å². The fraction of sp³-hybridized carbons (Fsp3) is 0.417. The zero-order valence-corrected chi connectivity index (χ0v) is 11.2. The van der Waals surface area contributed by atoms with Crippen LogP contribution in [0.3, 0.4) is 0 Å². The third kappa shape index (κ3) is 2.40. The van der Waals surface area contributed by atoms with Crippen LogP contribution in [0.1, 0.15) is 16.7 Å². The molecule has 2 nitrogen and oxygen atoms in total. The number of aliphatic imine (C=N–C) groups is 1. The average molecular weight is 269 g/mol. The van der Waals surface area contributed by atoms with Crippen LogP contribution in [0.15, 0.2) is 17.1 Å². The summed E-state index contributed by atoms with van der Waals surface area (Å²) in [5.41, 5.74) is 5.35. The molecule has 82 valence electrons. The zero-order chi connectivity index (χ0) is 10.1. The predicted octanol–water partition coefficient (Wildman–Crippen LogP) is 3.04. The van der Waals surface area contributed by atoms with Gasteiger partial charge in [-0.25, -0.2) is 0 Å². The summed E-state index contributed by atoms with van der Waals surface area (Å²) in [5, 5.41) is 0. The smallest absolute Gasteiger partial charge is 0.0895 e. The van der Waals surface area contributed by atoms with Crippen molar-refractivity contribution in [2.75, 3.05) is 18.0 Å². The van der Waals surface area contributed by atoms with Crippen molar-refractivity contribution in [1.82, 2.24) is 0 Å². The third-order valence-corrected chi connectivity index (χ3v) is 2.61. The van der Waals surface area contributed by atoms with Crippen LogP contribution in [0.25, 0.3) is 0 Å². The predicted molar refractivity (Wildman–Crippen MR) is 71.7 cm³/mol. The molecule has 0 radical (unpaired) electrons. The van der Waals surface area contributed by atoms with Crippen LogP contribution in [0.4, 0.5) is 5.69 Å². The largest absolute Gasteiger partial charge is 0.330 e. The van der Waals surface area contributed by atoms with E-state index in [-0.39, 0.29) is 17.0 Å². The number of aryl methyl sites for hydroxylation is 3. The number of benzene rings is 1. The minimum atomic E-state index is 0. The van der Waals surface area contributed by atoms with Crippen molar-refractivity contribution in [2.45, 2.75) is 20.8 Å². The molecule has 15 heavy (non-hydrogen) atoms. The second kappa shape index (κ2) is 4.79. The molecule has 0 fully saturated rings.